The number of fused-ring (bicyclic) bond motifs is 1. The minimum absolute atomic E-state index is 0.0722. The molecule has 0 saturated heterocycles. The minimum Gasteiger partial charge on any atom is -0.461 e. The number of hydrogen-bond donors (Lipinski definition) is 3. The molecule has 8 nitrogen and oxygen atoms in total. The SMILES string of the molecule is CC(=O)OCc1cnc2[nH]c(=O)[nH]c(=O)c2c1CNc1ccc(F)cc1. The van der Waals surface area contributed by atoms with Gasteiger partial charge in [-0.05, 0) is 29.8 Å². The fourth-order valence-electron chi connectivity index (χ4n) is 2.50. The van der Waals surface area contributed by atoms with Crippen LogP contribution >= 0.6 is 0 Å². The maximum absolute atomic E-state index is 13.0. The van der Waals surface area contributed by atoms with Crippen LogP contribution in [-0.2, 0) is 22.7 Å². The van der Waals surface area contributed by atoms with Gasteiger partial charge in [0, 0.05) is 30.9 Å². The fourth-order valence-corrected chi connectivity index (χ4v) is 2.50. The van der Waals surface area contributed by atoms with Crippen LogP contribution in [0.2, 0.25) is 0 Å². The molecule has 26 heavy (non-hydrogen) atoms. The summed E-state index contributed by atoms with van der Waals surface area (Å²) in [5.74, 6) is -0.840. The molecule has 2 heterocycles. The molecule has 9 heteroatoms. The van der Waals surface area contributed by atoms with Gasteiger partial charge >= 0.3 is 11.7 Å². The van der Waals surface area contributed by atoms with Crippen molar-refractivity contribution in [2.45, 2.75) is 20.1 Å². The number of nitrogens with zero attached hydrogens (tertiary/aromatic N) is 1. The van der Waals surface area contributed by atoms with E-state index in [0.717, 1.165) is 0 Å². The highest BCUT2D eigenvalue weighted by Gasteiger charge is 2.14. The Hall–Kier alpha value is -3.49. The molecule has 0 aliphatic carbocycles. The summed E-state index contributed by atoms with van der Waals surface area (Å²) >= 11 is 0. The highest BCUT2D eigenvalue weighted by atomic mass is 19.1. The summed E-state index contributed by atoms with van der Waals surface area (Å²) in [6, 6.07) is 5.71. The van der Waals surface area contributed by atoms with E-state index >= 15 is 0 Å². The largest absolute Gasteiger partial charge is 0.461 e. The minimum atomic E-state index is -0.667. The van der Waals surface area contributed by atoms with Crippen molar-refractivity contribution >= 4 is 22.7 Å². The molecule has 0 bridgehead atoms. The predicted octanol–water partition coefficient (Wildman–Crippen LogP) is 1.43. The molecule has 0 fully saturated rings. The smallest absolute Gasteiger partial charge is 0.327 e. The first-order valence-electron chi connectivity index (χ1n) is 7.70. The van der Waals surface area contributed by atoms with E-state index in [1.807, 2.05) is 0 Å². The Morgan fingerprint density at radius 1 is 1.23 bits per heavy atom. The van der Waals surface area contributed by atoms with Gasteiger partial charge in [0.1, 0.15) is 18.1 Å². The summed E-state index contributed by atoms with van der Waals surface area (Å²) in [6.07, 6.45) is 1.43. The number of H-pyrrole nitrogens is 2. The first-order valence-corrected chi connectivity index (χ1v) is 7.70. The van der Waals surface area contributed by atoms with Crippen LogP contribution in [0.25, 0.3) is 11.0 Å². The van der Waals surface area contributed by atoms with Crippen molar-refractivity contribution in [2.24, 2.45) is 0 Å². The predicted molar refractivity (Wildman–Crippen MR) is 92.2 cm³/mol. The van der Waals surface area contributed by atoms with E-state index in [9.17, 15) is 18.8 Å². The third-order valence-corrected chi connectivity index (χ3v) is 3.71. The maximum atomic E-state index is 13.0. The van der Waals surface area contributed by atoms with Crippen LogP contribution in [0.3, 0.4) is 0 Å². The highest BCUT2D eigenvalue weighted by molar-refractivity contribution is 5.79. The van der Waals surface area contributed by atoms with E-state index in [2.05, 4.69) is 20.3 Å². The third-order valence-electron chi connectivity index (χ3n) is 3.71. The van der Waals surface area contributed by atoms with Crippen LogP contribution in [0.1, 0.15) is 18.1 Å². The lowest BCUT2D eigenvalue weighted by atomic mass is 10.1. The first kappa shape index (κ1) is 17.3. The Morgan fingerprint density at radius 3 is 2.65 bits per heavy atom. The second-order valence-corrected chi connectivity index (χ2v) is 5.53. The van der Waals surface area contributed by atoms with Crippen molar-refractivity contribution < 1.29 is 13.9 Å². The lowest BCUT2D eigenvalue weighted by Gasteiger charge is -2.13. The lowest BCUT2D eigenvalue weighted by molar-refractivity contribution is -0.142. The molecule has 2 aromatic heterocycles. The number of hydrogen-bond acceptors (Lipinski definition) is 6. The van der Waals surface area contributed by atoms with E-state index in [-0.39, 0.29) is 30.0 Å². The number of benzene rings is 1. The number of anilines is 1. The number of rotatable bonds is 5. The fraction of sp³-hybridized carbons (Fsp3) is 0.176. The molecule has 0 aliphatic heterocycles. The highest BCUT2D eigenvalue weighted by Crippen LogP contribution is 2.19. The number of aromatic nitrogens is 3. The molecule has 3 rings (SSSR count). The van der Waals surface area contributed by atoms with Gasteiger partial charge in [0.15, 0.2) is 0 Å². The van der Waals surface area contributed by atoms with Crippen LogP contribution in [0.5, 0.6) is 0 Å². The zero-order valence-electron chi connectivity index (χ0n) is 13.8. The Morgan fingerprint density at radius 2 is 1.96 bits per heavy atom. The Balaban J connectivity index is 2.04. The van der Waals surface area contributed by atoms with Gasteiger partial charge in [-0.3, -0.25) is 19.6 Å². The molecular formula is C17H15FN4O4. The normalized spacial score (nSPS) is 10.7. The molecule has 134 valence electrons. The summed E-state index contributed by atoms with van der Waals surface area (Å²) in [6.45, 7) is 1.38. The molecular weight excluding hydrogens is 343 g/mol. The molecule has 0 amide bonds. The number of pyridine rings is 1. The van der Waals surface area contributed by atoms with Gasteiger partial charge in [-0.15, -0.1) is 0 Å². The molecule has 0 spiro atoms. The molecule has 3 N–H and O–H groups in total. The Kier molecular flexibility index (Phi) is 4.78. The summed E-state index contributed by atoms with van der Waals surface area (Å²) in [5, 5.41) is 3.25. The van der Waals surface area contributed by atoms with E-state index < -0.39 is 17.2 Å². The second kappa shape index (κ2) is 7.18. The number of esters is 1. The number of aromatic amines is 2. The summed E-state index contributed by atoms with van der Waals surface area (Å²) in [4.78, 5) is 43.5. The molecule has 1 aromatic carbocycles. The number of carbonyl (C=O) groups is 1. The summed E-state index contributed by atoms with van der Waals surface area (Å²) in [7, 11) is 0. The Bertz CT molecular complexity index is 1070. The standard InChI is InChI=1S/C17H15FN4O4/c1-9(23)26-8-10-6-20-15-14(16(24)22-17(25)21-15)13(10)7-19-12-4-2-11(18)3-5-12/h2-6,19H,7-8H2,1H3,(H2,20,21,22,24,25). The third kappa shape index (κ3) is 3.77. The van der Waals surface area contributed by atoms with Gasteiger partial charge < -0.3 is 10.1 Å². The summed E-state index contributed by atoms with van der Waals surface area (Å²) < 4.78 is 18.0. The van der Waals surface area contributed by atoms with Gasteiger partial charge in [0.25, 0.3) is 5.56 Å². The zero-order valence-corrected chi connectivity index (χ0v) is 13.8. The van der Waals surface area contributed by atoms with Gasteiger partial charge in [0.2, 0.25) is 0 Å². The molecule has 0 atom stereocenters. The van der Waals surface area contributed by atoms with Gasteiger partial charge in [-0.25, -0.2) is 14.2 Å². The van der Waals surface area contributed by atoms with E-state index in [1.165, 1.54) is 25.3 Å². The molecule has 0 aliphatic rings. The van der Waals surface area contributed by atoms with Gasteiger partial charge in [0.05, 0.1) is 5.39 Å². The van der Waals surface area contributed by atoms with Crippen LogP contribution in [0.4, 0.5) is 10.1 Å². The number of halogens is 1. The average Bonchev–Trinajstić information content (AvgIpc) is 2.59. The molecule has 0 saturated carbocycles. The van der Waals surface area contributed by atoms with Crippen molar-refractivity contribution in [3.63, 3.8) is 0 Å². The first-order chi connectivity index (χ1) is 12.4. The van der Waals surface area contributed by atoms with Crippen LogP contribution in [0, 0.1) is 5.82 Å². The van der Waals surface area contributed by atoms with E-state index in [0.29, 0.717) is 16.8 Å². The maximum Gasteiger partial charge on any atom is 0.327 e. The number of carbonyl (C=O) groups excluding carboxylic acids is 1. The van der Waals surface area contributed by atoms with Crippen molar-refractivity contribution in [1.82, 2.24) is 15.0 Å². The topological polar surface area (TPSA) is 117 Å². The van der Waals surface area contributed by atoms with Crippen LogP contribution in [-0.4, -0.2) is 20.9 Å². The molecule has 0 unspecified atom stereocenters. The molecule has 3 aromatic rings. The van der Waals surface area contributed by atoms with Crippen LogP contribution in [0.15, 0.2) is 40.1 Å². The van der Waals surface area contributed by atoms with Gasteiger partial charge in [-0.2, -0.15) is 0 Å². The monoisotopic (exact) mass is 358 g/mol. The van der Waals surface area contributed by atoms with Crippen LogP contribution < -0.4 is 16.6 Å². The van der Waals surface area contributed by atoms with E-state index in [1.54, 1.807) is 12.1 Å². The lowest BCUT2D eigenvalue weighted by Crippen LogP contribution is -2.24. The average molecular weight is 358 g/mol. The van der Waals surface area contributed by atoms with E-state index in [4.69, 9.17) is 4.74 Å². The second-order valence-electron chi connectivity index (χ2n) is 5.53. The summed E-state index contributed by atoms with van der Waals surface area (Å²) in [5.41, 5.74) is 0.520. The van der Waals surface area contributed by atoms with Gasteiger partial charge in [-0.1, -0.05) is 0 Å². The number of nitrogens with one attached hydrogen (secondary N) is 3. The zero-order chi connectivity index (χ0) is 18.7. The Labute approximate surface area is 146 Å². The number of ether oxygens (including phenoxy) is 1. The quantitative estimate of drug-likeness (QED) is 0.594. The molecule has 0 radical (unpaired) electrons. The van der Waals surface area contributed by atoms with Crippen molar-refractivity contribution in [3.05, 3.63) is 68.2 Å². The van der Waals surface area contributed by atoms with Crippen molar-refractivity contribution in [3.8, 4) is 0 Å². The van der Waals surface area contributed by atoms with Crippen molar-refractivity contribution in [1.29, 1.82) is 0 Å². The van der Waals surface area contributed by atoms with Crippen molar-refractivity contribution in [2.75, 3.05) is 5.32 Å².